The molecule has 0 radical (unpaired) electrons. The van der Waals surface area contributed by atoms with Gasteiger partial charge in [0.15, 0.2) is 0 Å². The van der Waals surface area contributed by atoms with Crippen LogP contribution in [0.4, 0.5) is 17.1 Å². The lowest BCUT2D eigenvalue weighted by Crippen LogP contribution is -2.60. The smallest absolute Gasteiger partial charge is 0.249 e. The van der Waals surface area contributed by atoms with Crippen molar-refractivity contribution in [1.29, 1.82) is 0 Å². The van der Waals surface area contributed by atoms with Crippen molar-refractivity contribution < 1.29 is 0 Å². The molecule has 0 amide bonds. The summed E-state index contributed by atoms with van der Waals surface area (Å²) in [4.78, 5) is 5.29. The van der Waals surface area contributed by atoms with E-state index in [4.69, 9.17) is 0 Å². The lowest BCUT2D eigenvalue weighted by Gasteiger charge is -2.43. The molecular formula is C80H67BN2S. The van der Waals surface area contributed by atoms with Crippen LogP contribution in [0.1, 0.15) is 79.0 Å². The van der Waals surface area contributed by atoms with Gasteiger partial charge in [0.2, 0.25) is 6.71 Å². The highest BCUT2D eigenvalue weighted by molar-refractivity contribution is 8.00. The summed E-state index contributed by atoms with van der Waals surface area (Å²) in [5.41, 5.74) is 24.8. The predicted molar refractivity (Wildman–Crippen MR) is 364 cm³/mol. The Morgan fingerprint density at radius 1 is 0.333 bits per heavy atom. The number of rotatable bonds is 6. The molecule has 0 aliphatic carbocycles. The van der Waals surface area contributed by atoms with E-state index in [0.29, 0.717) is 0 Å². The van der Waals surface area contributed by atoms with E-state index in [1.54, 1.807) is 0 Å². The van der Waals surface area contributed by atoms with Gasteiger partial charge < -0.3 is 9.47 Å². The van der Waals surface area contributed by atoms with Gasteiger partial charge in [0.1, 0.15) is 0 Å². The third-order valence-corrected chi connectivity index (χ3v) is 19.2. The van der Waals surface area contributed by atoms with Crippen LogP contribution >= 0.6 is 11.8 Å². The summed E-state index contributed by atoms with van der Waals surface area (Å²) in [5, 5.41) is 7.59. The van der Waals surface area contributed by atoms with Gasteiger partial charge in [-0.25, -0.2) is 0 Å². The molecule has 0 saturated carbocycles. The van der Waals surface area contributed by atoms with Crippen LogP contribution < -0.4 is 21.3 Å². The minimum atomic E-state index is -0.155. The molecule has 13 aromatic rings. The Morgan fingerprint density at radius 3 is 1.32 bits per heavy atom. The Labute approximate surface area is 499 Å². The van der Waals surface area contributed by atoms with E-state index in [0.717, 1.165) is 0 Å². The molecule has 1 aromatic heterocycles. The van der Waals surface area contributed by atoms with Crippen LogP contribution in [0.2, 0.25) is 0 Å². The minimum Gasteiger partial charge on any atom is -0.310 e. The van der Waals surface area contributed by atoms with E-state index < -0.39 is 0 Å². The SMILES string of the molecule is CC(C)(C)c1cc2c3c(c1)N(c1c(-c4ccccc4)cccc1-c1ccccc1)c1cc(-c4c5ccccc5c(-c5ccccc5)c5ccccc45)ccc1B3c1ccc(-n3c4ccc(C(C)(C)C)cc4c4cc(C(C)(C)C)ccc43)cc1S2. The molecular weight excluding hydrogens is 1030 g/mol. The van der Waals surface area contributed by atoms with E-state index in [-0.39, 0.29) is 23.0 Å². The van der Waals surface area contributed by atoms with Crippen LogP contribution in [-0.4, -0.2) is 11.3 Å². The van der Waals surface area contributed by atoms with Crippen molar-refractivity contribution in [2.75, 3.05) is 4.90 Å². The maximum absolute atomic E-state index is 2.69. The number of nitrogens with zero attached hydrogens (tertiary/aromatic N) is 2. The second-order valence-corrected chi connectivity index (χ2v) is 27.5. The first-order valence-corrected chi connectivity index (χ1v) is 30.7. The molecule has 0 fully saturated rings. The van der Waals surface area contributed by atoms with E-state index in [1.807, 2.05) is 11.8 Å². The zero-order valence-electron chi connectivity index (χ0n) is 49.5. The normalized spacial score (nSPS) is 13.2. The molecule has 0 saturated heterocycles. The van der Waals surface area contributed by atoms with E-state index >= 15 is 0 Å². The average Bonchev–Trinajstić information content (AvgIpc) is 1.43. The van der Waals surface area contributed by atoms with Gasteiger partial charge in [-0.05, 0) is 153 Å². The van der Waals surface area contributed by atoms with Crippen LogP contribution in [0, 0.1) is 0 Å². The summed E-state index contributed by atoms with van der Waals surface area (Å²) in [6, 6.07) is 92.4. The Morgan fingerprint density at radius 2 is 0.810 bits per heavy atom. The van der Waals surface area contributed by atoms with Gasteiger partial charge in [-0.2, -0.15) is 0 Å². The van der Waals surface area contributed by atoms with Crippen LogP contribution in [0.15, 0.2) is 252 Å². The summed E-state index contributed by atoms with van der Waals surface area (Å²) < 4.78 is 2.53. The molecule has 0 N–H and O–H groups in total. The first-order chi connectivity index (χ1) is 40.6. The fourth-order valence-electron chi connectivity index (χ4n) is 13.8. The monoisotopic (exact) mass is 1100 g/mol. The summed E-state index contributed by atoms with van der Waals surface area (Å²) in [5.74, 6) is 0. The van der Waals surface area contributed by atoms with Crippen molar-refractivity contribution >= 4 is 95.3 Å². The lowest BCUT2D eigenvalue weighted by atomic mass is 9.34. The second kappa shape index (κ2) is 19.4. The van der Waals surface area contributed by atoms with Crippen molar-refractivity contribution in [1.82, 2.24) is 4.57 Å². The second-order valence-electron chi connectivity index (χ2n) is 26.5. The minimum absolute atomic E-state index is 0.0127. The van der Waals surface area contributed by atoms with Gasteiger partial charge >= 0.3 is 0 Å². The van der Waals surface area contributed by atoms with Crippen LogP contribution in [0.5, 0.6) is 0 Å². The zero-order valence-corrected chi connectivity index (χ0v) is 50.3. The number of anilines is 3. The van der Waals surface area contributed by atoms with Gasteiger partial charge in [0.05, 0.1) is 16.7 Å². The first kappa shape index (κ1) is 52.0. The Kier molecular flexibility index (Phi) is 12.0. The number of para-hydroxylation sites is 1. The topological polar surface area (TPSA) is 8.17 Å². The van der Waals surface area contributed by atoms with Crippen LogP contribution in [0.25, 0.3) is 93.5 Å². The number of hydrogen-bond donors (Lipinski definition) is 0. The standard InChI is InChI=1S/C80H67BN2S/c1-78(2,3)54-37-42-68-64(45-54)65-46-55(79(4,5)6)38-43-69(65)82(68)57-39-41-67-72(49-57)84-73-48-56(80(7,8)9)47-71-76(73)81(67)66-40-36-53(75-62-32-21-19-30-60(62)74(52-28-17-12-18-29-52)61-31-20-22-33-63(61)75)44-70(66)83(71)77-58(50-24-13-10-14-25-50)34-23-35-59(77)51-26-15-11-16-27-51/h10-49H,1-9H3. The third kappa shape index (κ3) is 8.39. The summed E-state index contributed by atoms with van der Waals surface area (Å²) in [7, 11) is 0. The van der Waals surface area contributed by atoms with Crippen LogP contribution in [0.3, 0.4) is 0 Å². The Bertz CT molecular complexity index is 4620. The van der Waals surface area contributed by atoms with Crippen LogP contribution in [-0.2, 0) is 16.2 Å². The fourth-order valence-corrected chi connectivity index (χ4v) is 15.0. The predicted octanol–water partition coefficient (Wildman–Crippen LogP) is 20.4. The van der Waals surface area contributed by atoms with Gasteiger partial charge in [0.25, 0.3) is 0 Å². The third-order valence-electron chi connectivity index (χ3n) is 18.1. The largest absolute Gasteiger partial charge is 0.310 e. The van der Waals surface area contributed by atoms with Gasteiger partial charge in [-0.15, -0.1) is 0 Å². The molecule has 2 aliphatic heterocycles. The highest BCUT2D eigenvalue weighted by Crippen LogP contribution is 2.52. The number of benzene rings is 12. The number of aromatic nitrogens is 1. The molecule has 0 spiro atoms. The lowest BCUT2D eigenvalue weighted by molar-refractivity contribution is 0.589. The molecule has 0 bridgehead atoms. The molecule has 0 unspecified atom stereocenters. The van der Waals surface area contributed by atoms with Crippen molar-refractivity contribution in [3.63, 3.8) is 0 Å². The molecule has 3 heterocycles. The zero-order chi connectivity index (χ0) is 57.4. The molecule has 0 atom stereocenters. The Balaban J connectivity index is 1.03. The number of fused-ring (bicyclic) bond motifs is 9. The summed E-state index contributed by atoms with van der Waals surface area (Å²) >= 11 is 1.95. The first-order valence-electron chi connectivity index (χ1n) is 29.9. The van der Waals surface area contributed by atoms with E-state index in [9.17, 15) is 0 Å². The molecule has 406 valence electrons. The van der Waals surface area contributed by atoms with Crippen molar-refractivity contribution in [2.45, 2.75) is 88.3 Å². The fraction of sp³-hybridized carbons (Fsp3) is 0.150. The maximum atomic E-state index is 2.69. The van der Waals surface area contributed by atoms with E-state index in [2.05, 4.69) is 314 Å². The van der Waals surface area contributed by atoms with E-state index in [1.165, 1.54) is 153 Å². The van der Waals surface area contributed by atoms with Crippen molar-refractivity contribution in [3.8, 4) is 50.2 Å². The highest BCUT2D eigenvalue weighted by atomic mass is 32.2. The molecule has 2 nitrogen and oxygen atoms in total. The molecule has 4 heteroatoms. The summed E-state index contributed by atoms with van der Waals surface area (Å²) in [6.45, 7) is 21.0. The maximum Gasteiger partial charge on any atom is 0.249 e. The highest BCUT2D eigenvalue weighted by Gasteiger charge is 2.43. The number of hydrogen-bond acceptors (Lipinski definition) is 2. The molecule has 12 aromatic carbocycles. The van der Waals surface area contributed by atoms with Gasteiger partial charge in [-0.3, -0.25) is 0 Å². The van der Waals surface area contributed by atoms with Gasteiger partial charge in [0, 0.05) is 48.8 Å². The average molecular weight is 1100 g/mol. The van der Waals surface area contributed by atoms with Crippen molar-refractivity contribution in [2.24, 2.45) is 0 Å². The van der Waals surface area contributed by atoms with Crippen molar-refractivity contribution in [3.05, 3.63) is 259 Å². The molecule has 15 rings (SSSR count). The molecule has 84 heavy (non-hydrogen) atoms. The van der Waals surface area contributed by atoms with Gasteiger partial charge in [-0.1, -0.05) is 268 Å². The molecule has 2 aliphatic rings. The quantitative estimate of drug-likeness (QED) is 0.121. The summed E-state index contributed by atoms with van der Waals surface area (Å²) in [6.07, 6.45) is 0. The Hall–Kier alpha value is -8.83.